The highest BCUT2D eigenvalue weighted by Gasteiger charge is 2.43. The Kier molecular flexibility index (Phi) is 4.16. The number of aryl methyl sites for hydroxylation is 1. The molecule has 0 saturated carbocycles. The van der Waals surface area contributed by atoms with Gasteiger partial charge in [-0.2, -0.15) is 0 Å². The van der Waals surface area contributed by atoms with E-state index < -0.39 is 36.8 Å². The number of aliphatic hydroxyl groups excluding tert-OH is 3. The van der Waals surface area contributed by atoms with E-state index in [1.54, 1.807) is 0 Å². The average Bonchev–Trinajstić information content (AvgIpc) is 2.67. The lowest BCUT2D eigenvalue weighted by Crippen LogP contribution is -2.36. The quantitative estimate of drug-likeness (QED) is 0.536. The molecule has 2 rings (SSSR count). The first kappa shape index (κ1) is 14.4. The summed E-state index contributed by atoms with van der Waals surface area (Å²) in [5, 5.41) is 28.6. The van der Waals surface area contributed by atoms with Crippen LogP contribution in [0.25, 0.3) is 0 Å². The van der Waals surface area contributed by atoms with Crippen LogP contribution in [0.15, 0.2) is 11.0 Å². The molecule has 4 N–H and O–H groups in total. The third-order valence-corrected chi connectivity index (χ3v) is 3.58. The summed E-state index contributed by atoms with van der Waals surface area (Å²) in [7, 11) is 0. The Balaban J connectivity index is 2.43. The normalized spacial score (nSPS) is 30.7. The third kappa shape index (κ3) is 2.49. The first-order valence-corrected chi connectivity index (χ1v) is 6.37. The second-order valence-corrected chi connectivity index (χ2v) is 4.81. The van der Waals surface area contributed by atoms with Crippen molar-refractivity contribution >= 4 is 12.2 Å². The molecule has 4 unspecified atom stereocenters. The van der Waals surface area contributed by atoms with Gasteiger partial charge in [0.1, 0.15) is 23.0 Å². The number of rotatable bonds is 3. The number of aromatic nitrogens is 2. The van der Waals surface area contributed by atoms with Gasteiger partial charge in [-0.1, -0.05) is 19.1 Å². The van der Waals surface area contributed by atoms with Crippen LogP contribution in [-0.2, 0) is 11.2 Å². The van der Waals surface area contributed by atoms with E-state index in [1.807, 2.05) is 6.92 Å². The van der Waals surface area contributed by atoms with Crippen molar-refractivity contribution in [1.29, 1.82) is 0 Å². The van der Waals surface area contributed by atoms with Crippen molar-refractivity contribution in [3.8, 4) is 0 Å². The number of aliphatic hydroxyl groups is 3. The smallest absolute Gasteiger partial charge is 0.328 e. The maximum atomic E-state index is 11.8. The number of ether oxygens (including phenoxy) is 1. The second-order valence-electron chi connectivity index (χ2n) is 4.40. The van der Waals surface area contributed by atoms with Gasteiger partial charge in [-0.3, -0.25) is 9.55 Å². The van der Waals surface area contributed by atoms with Crippen LogP contribution in [0, 0.1) is 4.64 Å². The minimum absolute atomic E-state index is 0.343. The van der Waals surface area contributed by atoms with E-state index in [0.717, 1.165) is 10.1 Å². The lowest BCUT2D eigenvalue weighted by Gasteiger charge is -2.18. The van der Waals surface area contributed by atoms with Gasteiger partial charge in [0.15, 0.2) is 6.23 Å². The number of H-pyrrole nitrogens is 1. The zero-order valence-corrected chi connectivity index (χ0v) is 11.1. The van der Waals surface area contributed by atoms with Crippen LogP contribution in [0.4, 0.5) is 0 Å². The molecule has 0 radical (unpaired) electrons. The Bertz CT molecular complexity index is 569. The van der Waals surface area contributed by atoms with Crippen LogP contribution in [0.1, 0.15) is 18.7 Å². The minimum Gasteiger partial charge on any atom is -0.394 e. The molecule has 0 bridgehead atoms. The van der Waals surface area contributed by atoms with E-state index in [9.17, 15) is 15.0 Å². The Labute approximate surface area is 114 Å². The molecule has 106 valence electrons. The third-order valence-electron chi connectivity index (χ3n) is 3.21. The van der Waals surface area contributed by atoms with Crippen molar-refractivity contribution in [3.05, 3.63) is 26.9 Å². The number of hydrogen-bond donors (Lipinski definition) is 4. The van der Waals surface area contributed by atoms with E-state index in [0.29, 0.717) is 11.1 Å². The van der Waals surface area contributed by atoms with Gasteiger partial charge in [-0.15, -0.1) is 0 Å². The monoisotopic (exact) mass is 288 g/mol. The van der Waals surface area contributed by atoms with Crippen LogP contribution >= 0.6 is 12.2 Å². The zero-order valence-electron chi connectivity index (χ0n) is 10.3. The standard InChI is InChI=1S/C11H16N2O5S/c1-2-5-3-13(11(17)12-9(5)19)10-8(16)7(15)6(4-14)18-10/h3,6-8,10,14-16H,2,4H2,1H3,(H,12,17,19). The van der Waals surface area contributed by atoms with Gasteiger partial charge in [-0.05, 0) is 6.42 Å². The fraction of sp³-hybridized carbons (Fsp3) is 0.636. The summed E-state index contributed by atoms with van der Waals surface area (Å²) in [4.78, 5) is 14.3. The molecule has 4 atom stereocenters. The van der Waals surface area contributed by atoms with Crippen LogP contribution in [0.5, 0.6) is 0 Å². The molecule has 1 aliphatic heterocycles. The van der Waals surface area contributed by atoms with Gasteiger partial charge < -0.3 is 20.1 Å². The Morgan fingerprint density at radius 2 is 2.16 bits per heavy atom. The molecule has 0 aliphatic carbocycles. The van der Waals surface area contributed by atoms with Crippen LogP contribution in [0.2, 0.25) is 0 Å². The van der Waals surface area contributed by atoms with E-state index in [1.165, 1.54) is 6.20 Å². The average molecular weight is 288 g/mol. The van der Waals surface area contributed by atoms with E-state index in [2.05, 4.69) is 4.98 Å². The SMILES string of the molecule is CCc1cn(C2OC(CO)C(O)C2O)c(=O)[nH]c1=S. The summed E-state index contributed by atoms with van der Waals surface area (Å²) in [6.45, 7) is 1.44. The summed E-state index contributed by atoms with van der Waals surface area (Å²) < 4.78 is 6.79. The fourth-order valence-electron chi connectivity index (χ4n) is 2.08. The topological polar surface area (TPSA) is 108 Å². The molecule has 1 aromatic heterocycles. The van der Waals surface area contributed by atoms with Crippen molar-refractivity contribution in [2.24, 2.45) is 0 Å². The van der Waals surface area contributed by atoms with Crippen molar-refractivity contribution in [2.45, 2.75) is 37.9 Å². The van der Waals surface area contributed by atoms with Crippen molar-refractivity contribution in [3.63, 3.8) is 0 Å². The van der Waals surface area contributed by atoms with Gasteiger partial charge in [0.2, 0.25) is 0 Å². The van der Waals surface area contributed by atoms with Crippen LogP contribution < -0.4 is 5.69 Å². The first-order chi connectivity index (χ1) is 8.99. The van der Waals surface area contributed by atoms with Crippen LogP contribution in [-0.4, -0.2) is 49.8 Å². The Hall–Kier alpha value is -1.06. The first-order valence-electron chi connectivity index (χ1n) is 5.96. The molecule has 1 aliphatic rings. The highest BCUT2D eigenvalue weighted by molar-refractivity contribution is 7.71. The summed E-state index contributed by atoms with van der Waals surface area (Å²) >= 11 is 5.01. The minimum atomic E-state index is -1.29. The van der Waals surface area contributed by atoms with Crippen LogP contribution in [0.3, 0.4) is 0 Å². The number of nitrogens with zero attached hydrogens (tertiary/aromatic N) is 1. The lowest BCUT2D eigenvalue weighted by atomic mass is 10.1. The van der Waals surface area contributed by atoms with E-state index >= 15 is 0 Å². The maximum absolute atomic E-state index is 11.8. The lowest BCUT2D eigenvalue weighted by molar-refractivity contribution is -0.0551. The largest absolute Gasteiger partial charge is 0.394 e. The number of nitrogens with one attached hydrogen (secondary N) is 1. The Morgan fingerprint density at radius 1 is 1.47 bits per heavy atom. The molecule has 0 aromatic carbocycles. The van der Waals surface area contributed by atoms with Gasteiger partial charge >= 0.3 is 5.69 Å². The second kappa shape index (κ2) is 5.51. The summed E-state index contributed by atoms with van der Waals surface area (Å²) in [6.07, 6.45) is -2.37. The Morgan fingerprint density at radius 3 is 2.68 bits per heavy atom. The molecule has 8 heteroatoms. The van der Waals surface area contributed by atoms with Crippen molar-refractivity contribution < 1.29 is 20.1 Å². The summed E-state index contributed by atoms with van der Waals surface area (Å²) in [5.74, 6) is 0. The molecular formula is C11H16N2O5S. The molecular weight excluding hydrogens is 272 g/mol. The molecule has 1 saturated heterocycles. The molecule has 0 amide bonds. The maximum Gasteiger partial charge on any atom is 0.328 e. The number of aromatic amines is 1. The van der Waals surface area contributed by atoms with E-state index in [-0.39, 0.29) is 0 Å². The molecule has 2 heterocycles. The molecule has 1 aromatic rings. The molecule has 7 nitrogen and oxygen atoms in total. The van der Waals surface area contributed by atoms with Gasteiger partial charge in [-0.25, -0.2) is 4.79 Å². The van der Waals surface area contributed by atoms with Gasteiger partial charge in [0.05, 0.1) is 6.61 Å². The van der Waals surface area contributed by atoms with Crippen molar-refractivity contribution in [2.75, 3.05) is 6.61 Å². The van der Waals surface area contributed by atoms with Gasteiger partial charge in [0, 0.05) is 11.8 Å². The number of hydrogen-bond acceptors (Lipinski definition) is 6. The fourth-order valence-corrected chi connectivity index (χ4v) is 2.36. The zero-order chi connectivity index (χ0) is 14.2. The summed E-state index contributed by atoms with van der Waals surface area (Å²) in [5.41, 5.74) is 0.198. The highest BCUT2D eigenvalue weighted by Crippen LogP contribution is 2.28. The van der Waals surface area contributed by atoms with Crippen molar-refractivity contribution in [1.82, 2.24) is 9.55 Å². The highest BCUT2D eigenvalue weighted by atomic mass is 32.1. The predicted octanol–water partition coefficient (Wildman–Crippen LogP) is -0.920. The van der Waals surface area contributed by atoms with Gasteiger partial charge in [0.25, 0.3) is 0 Å². The summed E-state index contributed by atoms with van der Waals surface area (Å²) in [6, 6.07) is 0. The van der Waals surface area contributed by atoms with E-state index in [4.69, 9.17) is 22.1 Å². The molecule has 19 heavy (non-hydrogen) atoms. The molecule has 1 fully saturated rings. The molecule has 0 spiro atoms. The predicted molar refractivity (Wildman–Crippen MR) is 68.3 cm³/mol.